The van der Waals surface area contributed by atoms with Crippen molar-refractivity contribution in [3.05, 3.63) is 131 Å². The summed E-state index contributed by atoms with van der Waals surface area (Å²) in [6.45, 7) is 6.33. The molecule has 6 rings (SSSR count). The third kappa shape index (κ3) is 4.54. The van der Waals surface area contributed by atoms with E-state index in [-0.39, 0.29) is 11.8 Å². The molecule has 1 fully saturated rings. The summed E-state index contributed by atoms with van der Waals surface area (Å²) in [6, 6.07) is 28.2. The van der Waals surface area contributed by atoms with E-state index in [2.05, 4.69) is 49.4 Å². The standard InChI is InChI=1S/C25H23N3OS.C6H6/c1-4-17-9-5-7-11-21(17)28-16(2)30-23-15-18(13-14-19(23)25(28)29)24-26-20-10-6-8-12-22(20)27(24)3;1-2-4-6-5-3-1/h5-12,14-15,18H,2,4,13H2,1,3H3;1-6H. The van der Waals surface area contributed by atoms with Gasteiger partial charge in [0.1, 0.15) is 5.82 Å². The zero-order valence-electron chi connectivity index (χ0n) is 20.6. The monoisotopic (exact) mass is 491 g/mol. The molecule has 180 valence electrons. The van der Waals surface area contributed by atoms with E-state index >= 15 is 0 Å². The first kappa shape index (κ1) is 23.9. The number of aromatic nitrogens is 2. The van der Waals surface area contributed by atoms with E-state index in [0.29, 0.717) is 0 Å². The van der Waals surface area contributed by atoms with Crippen LogP contribution in [0.3, 0.4) is 0 Å². The van der Waals surface area contributed by atoms with E-state index in [1.165, 1.54) is 0 Å². The lowest BCUT2D eigenvalue weighted by atomic mass is 9.94. The molecule has 3 aromatic carbocycles. The third-order valence-corrected chi connectivity index (χ3v) is 7.53. The highest BCUT2D eigenvalue weighted by Gasteiger charge is 2.35. The molecule has 2 aliphatic rings. The Morgan fingerprint density at radius 3 is 2.33 bits per heavy atom. The molecule has 2 heterocycles. The molecule has 0 radical (unpaired) electrons. The first-order valence-corrected chi connectivity index (χ1v) is 13.0. The van der Waals surface area contributed by atoms with Crippen molar-refractivity contribution < 1.29 is 4.79 Å². The molecule has 4 nitrogen and oxygen atoms in total. The molecule has 1 unspecified atom stereocenters. The molecule has 1 amide bonds. The highest BCUT2D eigenvalue weighted by atomic mass is 32.2. The molecule has 0 saturated carbocycles. The molecule has 0 bridgehead atoms. The SMILES string of the molecule is C=C1SC2=CC(c3nc4ccccc4n3C)CC=C2C(=O)N1c1ccccc1CC.c1ccccc1. The Kier molecular flexibility index (Phi) is 6.92. The Morgan fingerprint density at radius 1 is 0.972 bits per heavy atom. The number of amides is 1. The lowest BCUT2D eigenvalue weighted by Gasteiger charge is -2.34. The predicted octanol–water partition coefficient (Wildman–Crippen LogP) is 7.37. The fourth-order valence-corrected chi connectivity index (χ4v) is 5.75. The smallest absolute Gasteiger partial charge is 0.264 e. The number of nitrogens with zero attached hydrogens (tertiary/aromatic N) is 3. The van der Waals surface area contributed by atoms with Crippen molar-refractivity contribution >= 4 is 34.4 Å². The first-order chi connectivity index (χ1) is 17.6. The maximum atomic E-state index is 13.4. The molecule has 1 aliphatic heterocycles. The number of anilines is 1. The highest BCUT2D eigenvalue weighted by molar-refractivity contribution is 8.07. The Bertz CT molecular complexity index is 1460. The Morgan fingerprint density at radius 2 is 1.64 bits per heavy atom. The van der Waals surface area contributed by atoms with Crippen molar-refractivity contribution in [2.75, 3.05) is 4.90 Å². The molecule has 4 aromatic rings. The molecule has 0 N–H and O–H groups in total. The number of fused-ring (bicyclic) bond motifs is 2. The quantitative estimate of drug-likeness (QED) is 0.300. The number of allylic oxidation sites excluding steroid dienone is 2. The molecular formula is C31H29N3OS. The van der Waals surface area contributed by atoms with Crippen LogP contribution in [-0.2, 0) is 18.3 Å². The van der Waals surface area contributed by atoms with Crippen LogP contribution in [0.15, 0.2) is 119 Å². The zero-order chi connectivity index (χ0) is 25.1. The van der Waals surface area contributed by atoms with Crippen molar-refractivity contribution in [2.24, 2.45) is 7.05 Å². The number of aryl methyl sites for hydroxylation is 2. The molecular weight excluding hydrogens is 462 g/mol. The van der Waals surface area contributed by atoms with Gasteiger partial charge in [-0.3, -0.25) is 9.69 Å². The van der Waals surface area contributed by atoms with E-state index in [9.17, 15) is 4.79 Å². The maximum absolute atomic E-state index is 13.4. The number of carbonyl (C=O) groups is 1. The van der Waals surface area contributed by atoms with Gasteiger partial charge in [-0.25, -0.2) is 4.98 Å². The van der Waals surface area contributed by atoms with Crippen molar-refractivity contribution in [2.45, 2.75) is 25.7 Å². The van der Waals surface area contributed by atoms with Crippen molar-refractivity contribution in [3.8, 4) is 0 Å². The minimum atomic E-state index is 0.00866. The van der Waals surface area contributed by atoms with E-state index in [4.69, 9.17) is 4.98 Å². The van der Waals surface area contributed by atoms with Gasteiger partial charge in [0, 0.05) is 17.9 Å². The second-order valence-corrected chi connectivity index (χ2v) is 9.90. The summed E-state index contributed by atoms with van der Waals surface area (Å²) < 4.78 is 2.16. The van der Waals surface area contributed by atoms with Crippen LogP contribution in [0.5, 0.6) is 0 Å². The van der Waals surface area contributed by atoms with Gasteiger partial charge in [-0.1, -0.05) is 104 Å². The van der Waals surface area contributed by atoms with Crippen molar-refractivity contribution in [1.29, 1.82) is 0 Å². The molecule has 1 aliphatic carbocycles. The average Bonchev–Trinajstić information content (AvgIpc) is 3.26. The van der Waals surface area contributed by atoms with Crippen LogP contribution in [0.2, 0.25) is 0 Å². The number of hydrogen-bond acceptors (Lipinski definition) is 3. The number of imidazole rings is 1. The van der Waals surface area contributed by atoms with E-state index in [1.54, 1.807) is 16.7 Å². The van der Waals surface area contributed by atoms with Crippen LogP contribution < -0.4 is 4.90 Å². The molecule has 36 heavy (non-hydrogen) atoms. The molecule has 1 atom stereocenters. The molecule has 1 saturated heterocycles. The Balaban J connectivity index is 0.000000391. The number of carbonyl (C=O) groups excluding carboxylic acids is 1. The topological polar surface area (TPSA) is 38.1 Å². The fraction of sp³-hybridized carbons (Fsp3) is 0.161. The lowest BCUT2D eigenvalue weighted by Crippen LogP contribution is -2.35. The fourth-order valence-electron chi connectivity index (χ4n) is 4.71. The summed E-state index contributed by atoms with van der Waals surface area (Å²) in [5.41, 5.74) is 4.98. The number of hydrogen-bond donors (Lipinski definition) is 0. The molecule has 0 spiro atoms. The minimum Gasteiger partial charge on any atom is -0.331 e. The minimum absolute atomic E-state index is 0.00866. The summed E-state index contributed by atoms with van der Waals surface area (Å²) in [6.07, 6.45) is 5.89. The van der Waals surface area contributed by atoms with Gasteiger partial charge in [0.25, 0.3) is 5.91 Å². The second kappa shape index (κ2) is 10.4. The van der Waals surface area contributed by atoms with Gasteiger partial charge in [-0.05, 0) is 36.6 Å². The summed E-state index contributed by atoms with van der Waals surface area (Å²) in [5, 5.41) is 0.745. The van der Waals surface area contributed by atoms with Gasteiger partial charge >= 0.3 is 0 Å². The lowest BCUT2D eigenvalue weighted by molar-refractivity contribution is -0.114. The third-order valence-electron chi connectivity index (χ3n) is 6.54. The zero-order valence-corrected chi connectivity index (χ0v) is 21.4. The predicted molar refractivity (Wildman–Crippen MR) is 151 cm³/mol. The van der Waals surface area contributed by atoms with Gasteiger partial charge in [-0.2, -0.15) is 0 Å². The highest BCUT2D eigenvalue weighted by Crippen LogP contribution is 2.46. The van der Waals surface area contributed by atoms with Crippen LogP contribution in [0.1, 0.15) is 30.7 Å². The summed E-state index contributed by atoms with van der Waals surface area (Å²) in [4.78, 5) is 21.0. The van der Waals surface area contributed by atoms with Crippen molar-refractivity contribution in [3.63, 3.8) is 0 Å². The average molecular weight is 492 g/mol. The largest absolute Gasteiger partial charge is 0.331 e. The summed E-state index contributed by atoms with van der Waals surface area (Å²) in [7, 11) is 2.06. The second-order valence-electron chi connectivity index (χ2n) is 8.78. The molecule has 1 aromatic heterocycles. The molecule has 5 heteroatoms. The van der Waals surface area contributed by atoms with Gasteiger partial charge in [0.05, 0.1) is 27.3 Å². The van der Waals surface area contributed by atoms with Gasteiger partial charge in [0.2, 0.25) is 0 Å². The number of para-hydroxylation sites is 3. The summed E-state index contributed by atoms with van der Waals surface area (Å²) >= 11 is 1.57. The maximum Gasteiger partial charge on any atom is 0.264 e. The van der Waals surface area contributed by atoms with Crippen LogP contribution in [0, 0.1) is 0 Å². The van der Waals surface area contributed by atoms with Crippen LogP contribution in [0.4, 0.5) is 5.69 Å². The normalized spacial score (nSPS) is 17.2. The number of thioether (sulfide) groups is 1. The van der Waals surface area contributed by atoms with Gasteiger partial charge < -0.3 is 4.57 Å². The van der Waals surface area contributed by atoms with Crippen LogP contribution in [-0.4, -0.2) is 15.5 Å². The number of benzene rings is 3. The van der Waals surface area contributed by atoms with Crippen molar-refractivity contribution in [1.82, 2.24) is 9.55 Å². The van der Waals surface area contributed by atoms with E-state index < -0.39 is 0 Å². The Labute approximate surface area is 216 Å². The van der Waals surface area contributed by atoms with Gasteiger partial charge in [0.15, 0.2) is 0 Å². The summed E-state index contributed by atoms with van der Waals surface area (Å²) in [5.74, 6) is 1.18. The van der Waals surface area contributed by atoms with Crippen LogP contribution in [0.25, 0.3) is 11.0 Å². The van der Waals surface area contributed by atoms with E-state index in [1.807, 2.05) is 72.8 Å². The van der Waals surface area contributed by atoms with E-state index in [0.717, 1.165) is 56.5 Å². The van der Waals surface area contributed by atoms with Gasteiger partial charge in [-0.15, -0.1) is 0 Å². The van der Waals surface area contributed by atoms with Crippen LogP contribution >= 0.6 is 11.8 Å². The Hall–Kier alpha value is -3.83. The first-order valence-electron chi connectivity index (χ1n) is 12.2. The number of rotatable bonds is 3.